The first-order chi connectivity index (χ1) is 7.69. The summed E-state index contributed by atoms with van der Waals surface area (Å²) in [6.45, 7) is 0. The smallest absolute Gasteiger partial charge is 0.227 e. The van der Waals surface area contributed by atoms with E-state index in [1.54, 1.807) is 6.07 Å². The number of anilines is 1. The van der Waals surface area contributed by atoms with Gasteiger partial charge in [-0.25, -0.2) is 4.98 Å². The van der Waals surface area contributed by atoms with Gasteiger partial charge in [0, 0.05) is 17.3 Å². The molecule has 0 unspecified atom stereocenters. The maximum absolute atomic E-state index is 11.3. The summed E-state index contributed by atoms with van der Waals surface area (Å²) >= 11 is 12.7. The minimum Gasteiger partial charge on any atom is -0.302 e. The highest BCUT2D eigenvalue weighted by Crippen LogP contribution is 2.28. The number of hydrogen-bond acceptors (Lipinski definition) is 3. The van der Waals surface area contributed by atoms with Gasteiger partial charge in [0.05, 0.1) is 10.2 Å². The summed E-state index contributed by atoms with van der Waals surface area (Å²) in [4.78, 5) is 15.6. The quantitative estimate of drug-likeness (QED) is 0.871. The van der Waals surface area contributed by atoms with Gasteiger partial charge in [-0.15, -0.1) is 11.6 Å². The number of carbonyl (C=O) groups is 1. The van der Waals surface area contributed by atoms with Crippen LogP contribution in [0.2, 0.25) is 5.02 Å². The van der Waals surface area contributed by atoms with Crippen LogP contribution < -0.4 is 5.32 Å². The summed E-state index contributed by atoms with van der Waals surface area (Å²) in [5.41, 5.74) is 0.829. The molecule has 2 aromatic rings. The molecule has 0 atom stereocenters. The van der Waals surface area contributed by atoms with E-state index in [1.807, 2.05) is 12.1 Å². The van der Waals surface area contributed by atoms with Gasteiger partial charge in [0.1, 0.15) is 0 Å². The van der Waals surface area contributed by atoms with Gasteiger partial charge in [0.2, 0.25) is 5.91 Å². The first-order valence-electron chi connectivity index (χ1n) is 4.61. The van der Waals surface area contributed by atoms with Crippen LogP contribution in [0.4, 0.5) is 5.13 Å². The Morgan fingerprint density at radius 2 is 2.31 bits per heavy atom. The third kappa shape index (κ3) is 2.64. The second-order valence-corrected chi connectivity index (χ2v) is 4.96. The fourth-order valence-corrected chi connectivity index (χ4v) is 2.55. The van der Waals surface area contributed by atoms with Crippen LogP contribution in [0.3, 0.4) is 0 Å². The van der Waals surface area contributed by atoms with Crippen molar-refractivity contribution in [2.75, 3.05) is 11.2 Å². The van der Waals surface area contributed by atoms with Gasteiger partial charge in [-0.2, -0.15) is 0 Å². The fourth-order valence-electron chi connectivity index (χ4n) is 1.22. The molecule has 1 heterocycles. The number of amides is 1. The van der Waals surface area contributed by atoms with E-state index in [0.717, 1.165) is 10.2 Å². The molecular formula is C10H8Cl2N2OS. The SMILES string of the molecule is O=C(CCCl)Nc1nc2ccc(Cl)cc2s1. The maximum Gasteiger partial charge on any atom is 0.227 e. The largest absolute Gasteiger partial charge is 0.302 e. The normalized spacial score (nSPS) is 10.6. The van der Waals surface area contributed by atoms with Gasteiger partial charge in [-0.05, 0) is 18.2 Å². The molecule has 0 aliphatic rings. The number of halogens is 2. The van der Waals surface area contributed by atoms with Crippen molar-refractivity contribution >= 4 is 55.8 Å². The van der Waals surface area contributed by atoms with Gasteiger partial charge >= 0.3 is 0 Å². The highest BCUT2D eigenvalue weighted by molar-refractivity contribution is 7.22. The number of alkyl halides is 1. The molecule has 0 aliphatic heterocycles. The zero-order valence-corrected chi connectivity index (χ0v) is 10.5. The van der Waals surface area contributed by atoms with Crippen molar-refractivity contribution < 1.29 is 4.79 Å². The van der Waals surface area contributed by atoms with Gasteiger partial charge in [-0.3, -0.25) is 4.79 Å². The van der Waals surface area contributed by atoms with Crippen LogP contribution in [0.25, 0.3) is 10.2 Å². The molecule has 1 aromatic carbocycles. The summed E-state index contributed by atoms with van der Waals surface area (Å²) < 4.78 is 0.952. The predicted molar refractivity (Wildman–Crippen MR) is 68.6 cm³/mol. The molecule has 2 rings (SSSR count). The van der Waals surface area contributed by atoms with Crippen LogP contribution in [-0.4, -0.2) is 16.8 Å². The number of nitrogens with one attached hydrogen (secondary N) is 1. The number of carbonyl (C=O) groups excluding carboxylic acids is 1. The topological polar surface area (TPSA) is 42.0 Å². The third-order valence-electron chi connectivity index (χ3n) is 1.92. The van der Waals surface area contributed by atoms with Crippen molar-refractivity contribution in [2.45, 2.75) is 6.42 Å². The molecule has 6 heteroatoms. The summed E-state index contributed by atoms with van der Waals surface area (Å²) in [6.07, 6.45) is 0.290. The van der Waals surface area contributed by atoms with Gasteiger partial charge < -0.3 is 5.32 Å². The molecule has 0 saturated carbocycles. The average molecular weight is 275 g/mol. The van der Waals surface area contributed by atoms with Crippen molar-refractivity contribution in [1.82, 2.24) is 4.98 Å². The van der Waals surface area contributed by atoms with E-state index >= 15 is 0 Å². The van der Waals surface area contributed by atoms with E-state index < -0.39 is 0 Å². The number of fused-ring (bicyclic) bond motifs is 1. The monoisotopic (exact) mass is 274 g/mol. The van der Waals surface area contributed by atoms with E-state index in [1.165, 1.54) is 11.3 Å². The van der Waals surface area contributed by atoms with E-state index in [2.05, 4.69) is 10.3 Å². The maximum atomic E-state index is 11.3. The van der Waals surface area contributed by atoms with Crippen molar-refractivity contribution in [2.24, 2.45) is 0 Å². The number of rotatable bonds is 3. The van der Waals surface area contributed by atoms with E-state index in [9.17, 15) is 4.79 Å². The highest BCUT2D eigenvalue weighted by atomic mass is 35.5. The summed E-state index contributed by atoms with van der Waals surface area (Å²) in [5, 5.41) is 3.93. The van der Waals surface area contributed by atoms with Crippen molar-refractivity contribution in [3.05, 3.63) is 23.2 Å². The van der Waals surface area contributed by atoms with Gasteiger partial charge in [-0.1, -0.05) is 22.9 Å². The lowest BCUT2D eigenvalue weighted by Gasteiger charge is -1.96. The summed E-state index contributed by atoms with van der Waals surface area (Å²) in [5.74, 6) is 0.183. The second kappa shape index (κ2) is 4.99. The minimum atomic E-state index is -0.125. The van der Waals surface area contributed by atoms with Crippen molar-refractivity contribution in [1.29, 1.82) is 0 Å². The molecule has 3 nitrogen and oxygen atoms in total. The second-order valence-electron chi connectivity index (χ2n) is 3.12. The minimum absolute atomic E-state index is 0.125. The summed E-state index contributed by atoms with van der Waals surface area (Å²) in [7, 11) is 0. The molecule has 1 N–H and O–H groups in total. The molecule has 16 heavy (non-hydrogen) atoms. The Kier molecular flexibility index (Phi) is 3.63. The Morgan fingerprint density at radius 1 is 1.50 bits per heavy atom. The molecule has 0 saturated heterocycles. The fraction of sp³-hybridized carbons (Fsp3) is 0.200. The summed E-state index contributed by atoms with van der Waals surface area (Å²) in [6, 6.07) is 5.42. The first kappa shape index (κ1) is 11.6. The number of hydrogen-bond donors (Lipinski definition) is 1. The van der Waals surface area contributed by atoms with Crippen LogP contribution in [0.1, 0.15) is 6.42 Å². The van der Waals surface area contributed by atoms with Crippen molar-refractivity contribution in [3.63, 3.8) is 0 Å². The standard InChI is InChI=1S/C10H8Cl2N2OS/c11-4-3-9(15)14-10-13-7-2-1-6(12)5-8(7)16-10/h1-2,5H,3-4H2,(H,13,14,15). The Morgan fingerprint density at radius 3 is 3.06 bits per heavy atom. The van der Waals surface area contributed by atoms with Crippen LogP contribution in [0, 0.1) is 0 Å². The third-order valence-corrected chi connectivity index (χ3v) is 3.28. The number of aromatic nitrogens is 1. The molecule has 0 radical (unpaired) electrons. The molecule has 0 aliphatic carbocycles. The zero-order chi connectivity index (χ0) is 11.5. The predicted octanol–water partition coefficient (Wildman–Crippen LogP) is 3.52. The molecule has 1 aromatic heterocycles. The molecular weight excluding hydrogens is 267 g/mol. The Bertz CT molecular complexity index is 527. The van der Waals surface area contributed by atoms with Crippen LogP contribution in [0.15, 0.2) is 18.2 Å². The van der Waals surface area contributed by atoms with Crippen LogP contribution >= 0.6 is 34.5 Å². The molecule has 0 bridgehead atoms. The zero-order valence-electron chi connectivity index (χ0n) is 8.17. The Balaban J connectivity index is 2.23. The lowest BCUT2D eigenvalue weighted by atomic mass is 10.3. The molecule has 0 fully saturated rings. The van der Waals surface area contributed by atoms with Crippen molar-refractivity contribution in [3.8, 4) is 0 Å². The lowest BCUT2D eigenvalue weighted by Crippen LogP contribution is -2.11. The van der Waals surface area contributed by atoms with Crippen LogP contribution in [0.5, 0.6) is 0 Å². The highest BCUT2D eigenvalue weighted by Gasteiger charge is 2.07. The van der Waals surface area contributed by atoms with Gasteiger partial charge in [0.25, 0.3) is 0 Å². The number of nitrogens with zero attached hydrogens (tertiary/aromatic N) is 1. The Hall–Kier alpha value is -0.840. The van der Waals surface area contributed by atoms with E-state index in [4.69, 9.17) is 23.2 Å². The van der Waals surface area contributed by atoms with E-state index in [0.29, 0.717) is 16.0 Å². The number of thiazole rings is 1. The lowest BCUT2D eigenvalue weighted by molar-refractivity contribution is -0.115. The van der Waals surface area contributed by atoms with Crippen LogP contribution in [-0.2, 0) is 4.79 Å². The molecule has 1 amide bonds. The molecule has 0 spiro atoms. The van der Waals surface area contributed by atoms with E-state index in [-0.39, 0.29) is 12.3 Å². The first-order valence-corrected chi connectivity index (χ1v) is 6.34. The van der Waals surface area contributed by atoms with Gasteiger partial charge in [0.15, 0.2) is 5.13 Å². The molecule has 84 valence electrons. The Labute approximate surface area is 106 Å². The number of benzene rings is 1. The average Bonchev–Trinajstić information content (AvgIpc) is 2.59.